The number of hydrogen-bond acceptors (Lipinski definition) is 6. The molecule has 2 aliphatic heterocycles. The molecule has 2 aromatic rings. The number of aliphatic hydroxyl groups is 1. The van der Waals surface area contributed by atoms with Gasteiger partial charge in [-0.3, -0.25) is 9.47 Å². The van der Waals surface area contributed by atoms with Gasteiger partial charge in [0.05, 0.1) is 17.1 Å². The van der Waals surface area contributed by atoms with Crippen LogP contribution in [0.5, 0.6) is 23.3 Å². The van der Waals surface area contributed by atoms with Gasteiger partial charge in [-0.05, 0) is 88.3 Å². The van der Waals surface area contributed by atoms with Crippen LogP contribution in [0.3, 0.4) is 0 Å². The predicted molar refractivity (Wildman–Crippen MR) is 128 cm³/mol. The number of phenolic OH excluding ortho intramolecular Hbond substituents is 1. The van der Waals surface area contributed by atoms with Gasteiger partial charge in [0.15, 0.2) is 23.3 Å². The molecule has 7 heteroatoms. The van der Waals surface area contributed by atoms with E-state index in [0.29, 0.717) is 18.6 Å². The number of nitrogens with zero attached hydrogens (tertiary/aromatic N) is 2. The van der Waals surface area contributed by atoms with Crippen LogP contribution in [0.15, 0.2) is 12.1 Å². The van der Waals surface area contributed by atoms with Crippen LogP contribution < -0.4 is 4.74 Å². The van der Waals surface area contributed by atoms with E-state index >= 15 is 0 Å². The second-order valence-corrected chi connectivity index (χ2v) is 12.1. The second kappa shape index (κ2) is 6.68. The summed E-state index contributed by atoms with van der Waals surface area (Å²) < 4.78 is 8.35. The maximum Gasteiger partial charge on any atom is 0.197 e. The molecule has 1 saturated heterocycles. The van der Waals surface area contributed by atoms with Crippen LogP contribution in [-0.4, -0.2) is 60.7 Å². The molecule has 2 bridgehead atoms. The molecule has 5 atom stereocenters. The van der Waals surface area contributed by atoms with Crippen LogP contribution in [0.25, 0.3) is 0 Å². The van der Waals surface area contributed by atoms with Crippen molar-refractivity contribution in [2.24, 2.45) is 5.92 Å². The third kappa shape index (κ3) is 2.40. The lowest BCUT2D eigenvalue weighted by Gasteiger charge is -2.64. The second-order valence-electron chi connectivity index (χ2n) is 12.1. The number of benzene rings is 1. The van der Waals surface area contributed by atoms with Crippen LogP contribution in [0.2, 0.25) is 0 Å². The van der Waals surface area contributed by atoms with E-state index in [9.17, 15) is 20.4 Å². The van der Waals surface area contributed by atoms with Crippen molar-refractivity contribution in [1.82, 2.24) is 9.47 Å². The highest BCUT2D eigenvalue weighted by Crippen LogP contribution is 2.67. The molecule has 186 valence electrons. The summed E-state index contributed by atoms with van der Waals surface area (Å²) in [5.74, 6) is 1.69. The predicted octanol–water partition coefficient (Wildman–Crippen LogP) is 3.29. The monoisotopic (exact) mass is 478 g/mol. The molecule has 3 heterocycles. The standard InChI is InChI=1S/C28H34N2O5/c31-20-8-7-16-13-21-28(34)10-9-19(30-25(32)17-3-1-2-4-18(17)26(30)33)24-27(28,22(16)23(20)35-24)11-12-29(21)14-15-5-6-15/h7-8,15,19,21,24,31-34H,1-6,9-14H2/t19?,21-,24?,27+,28-/m1/s1. The first-order valence-electron chi connectivity index (χ1n) is 13.6. The van der Waals surface area contributed by atoms with Gasteiger partial charge in [-0.2, -0.15) is 0 Å². The van der Waals surface area contributed by atoms with Gasteiger partial charge in [0, 0.05) is 29.3 Å². The topological polar surface area (TPSA) is 98.3 Å². The van der Waals surface area contributed by atoms with Gasteiger partial charge >= 0.3 is 0 Å². The molecule has 8 rings (SSSR count). The van der Waals surface area contributed by atoms with Gasteiger partial charge in [0.2, 0.25) is 0 Å². The van der Waals surface area contributed by atoms with E-state index in [1.54, 1.807) is 10.6 Å². The number of fused-ring (bicyclic) bond motifs is 1. The highest BCUT2D eigenvalue weighted by Gasteiger charge is 2.73. The minimum absolute atomic E-state index is 0.0203. The molecule has 1 aromatic heterocycles. The smallest absolute Gasteiger partial charge is 0.197 e. The van der Waals surface area contributed by atoms with Gasteiger partial charge < -0.3 is 25.2 Å². The quantitative estimate of drug-likeness (QED) is 0.541. The summed E-state index contributed by atoms with van der Waals surface area (Å²) in [4.78, 5) is 2.53. The maximum atomic E-state index is 12.6. The number of aromatic nitrogens is 1. The molecule has 7 nitrogen and oxygen atoms in total. The first kappa shape index (κ1) is 20.8. The Hall–Kier alpha value is -2.38. The van der Waals surface area contributed by atoms with Crippen LogP contribution in [-0.2, 0) is 24.7 Å². The Bertz CT molecular complexity index is 1220. The Kier molecular flexibility index (Phi) is 3.97. The lowest BCUT2D eigenvalue weighted by molar-refractivity contribution is -0.196. The first-order valence-corrected chi connectivity index (χ1v) is 13.6. The van der Waals surface area contributed by atoms with E-state index in [1.165, 1.54) is 12.8 Å². The van der Waals surface area contributed by atoms with Crippen molar-refractivity contribution in [3.8, 4) is 23.3 Å². The van der Waals surface area contributed by atoms with Gasteiger partial charge in [-0.1, -0.05) is 6.07 Å². The summed E-state index contributed by atoms with van der Waals surface area (Å²) in [6.07, 6.45) is 8.39. The number of ether oxygens (including phenoxy) is 1. The van der Waals surface area contributed by atoms with Gasteiger partial charge in [0.1, 0.15) is 6.10 Å². The molecule has 0 radical (unpaired) electrons. The highest BCUT2D eigenvalue weighted by molar-refractivity contribution is 5.63. The number of piperidine rings is 1. The first-order chi connectivity index (χ1) is 16.9. The zero-order valence-electron chi connectivity index (χ0n) is 20.0. The molecule has 35 heavy (non-hydrogen) atoms. The molecule has 6 aliphatic rings. The molecule has 2 unspecified atom stereocenters. The van der Waals surface area contributed by atoms with Gasteiger partial charge in [-0.15, -0.1) is 0 Å². The average molecular weight is 479 g/mol. The van der Waals surface area contributed by atoms with Gasteiger partial charge in [-0.25, -0.2) is 0 Å². The molecular formula is C28H34N2O5. The molecule has 1 aromatic carbocycles. The fraction of sp³-hybridized carbons (Fsp3) is 0.643. The summed E-state index contributed by atoms with van der Waals surface area (Å²) in [6.45, 7) is 1.94. The summed E-state index contributed by atoms with van der Waals surface area (Å²) in [7, 11) is 0. The molecular weight excluding hydrogens is 444 g/mol. The normalized spacial score (nSPS) is 37.0. The van der Waals surface area contributed by atoms with Crippen molar-refractivity contribution >= 4 is 0 Å². The van der Waals surface area contributed by atoms with E-state index < -0.39 is 17.1 Å². The molecule has 4 N–H and O–H groups in total. The number of phenols is 1. The SMILES string of the molecule is Oc1ccc2c3c1OC1C(n4c(O)c5c(c4O)CCCC5)CC[C@@]4(O)[C@@H](C2)N(CC2CC2)CC[C@]314. The fourth-order valence-electron chi connectivity index (χ4n) is 8.82. The summed E-state index contributed by atoms with van der Waals surface area (Å²) in [5, 5.41) is 46.1. The minimum atomic E-state index is -0.967. The van der Waals surface area contributed by atoms with Crippen molar-refractivity contribution in [3.05, 3.63) is 34.4 Å². The van der Waals surface area contributed by atoms with E-state index in [4.69, 9.17) is 4.74 Å². The third-order valence-corrected chi connectivity index (χ3v) is 10.5. The molecule has 3 fully saturated rings. The van der Waals surface area contributed by atoms with Gasteiger partial charge in [0.25, 0.3) is 0 Å². The zero-order valence-corrected chi connectivity index (χ0v) is 20.0. The number of aromatic hydroxyl groups is 3. The average Bonchev–Trinajstić information content (AvgIpc) is 3.54. The summed E-state index contributed by atoms with van der Waals surface area (Å²) in [6, 6.07) is 3.45. The highest BCUT2D eigenvalue weighted by atomic mass is 16.5. The van der Waals surface area contributed by atoms with Crippen LogP contribution in [0.4, 0.5) is 0 Å². The zero-order chi connectivity index (χ0) is 23.7. The Morgan fingerprint density at radius 1 is 0.971 bits per heavy atom. The lowest BCUT2D eigenvalue weighted by Crippen LogP contribution is -2.76. The Labute approximate surface area is 204 Å². The molecule has 4 aliphatic carbocycles. The van der Waals surface area contributed by atoms with Crippen LogP contribution in [0, 0.1) is 5.92 Å². The lowest BCUT2D eigenvalue weighted by atomic mass is 9.48. The van der Waals surface area contributed by atoms with Crippen LogP contribution >= 0.6 is 0 Å². The van der Waals surface area contributed by atoms with Crippen molar-refractivity contribution in [2.75, 3.05) is 13.1 Å². The van der Waals surface area contributed by atoms with E-state index in [-0.39, 0.29) is 29.6 Å². The molecule has 0 amide bonds. The molecule has 1 spiro atoms. The maximum absolute atomic E-state index is 12.6. The van der Waals surface area contributed by atoms with Crippen molar-refractivity contribution in [3.63, 3.8) is 0 Å². The van der Waals surface area contributed by atoms with Crippen LogP contribution in [0.1, 0.15) is 73.2 Å². The van der Waals surface area contributed by atoms with Crippen molar-refractivity contribution in [2.45, 2.75) is 93.4 Å². The Morgan fingerprint density at radius 2 is 1.71 bits per heavy atom. The van der Waals surface area contributed by atoms with Crippen molar-refractivity contribution < 1.29 is 25.2 Å². The van der Waals surface area contributed by atoms with E-state index in [2.05, 4.69) is 4.90 Å². The third-order valence-electron chi connectivity index (χ3n) is 10.5. The largest absolute Gasteiger partial charge is 0.504 e. The number of rotatable bonds is 3. The van der Waals surface area contributed by atoms with E-state index in [1.807, 2.05) is 6.07 Å². The fourth-order valence-corrected chi connectivity index (χ4v) is 8.82. The van der Waals surface area contributed by atoms with E-state index in [0.717, 1.165) is 79.8 Å². The number of likely N-dealkylation sites (tertiary alicyclic amines) is 1. The summed E-state index contributed by atoms with van der Waals surface area (Å²) in [5.41, 5.74) is 2.25. The molecule has 2 saturated carbocycles. The Morgan fingerprint density at radius 3 is 2.43 bits per heavy atom. The Balaban J connectivity index is 1.31. The summed E-state index contributed by atoms with van der Waals surface area (Å²) >= 11 is 0. The minimum Gasteiger partial charge on any atom is -0.504 e. The number of hydrogen-bond donors (Lipinski definition) is 4. The van der Waals surface area contributed by atoms with Crippen molar-refractivity contribution in [1.29, 1.82) is 0 Å².